The fourth-order valence-electron chi connectivity index (χ4n) is 2.04. The second-order valence-corrected chi connectivity index (χ2v) is 4.70. The Balaban J connectivity index is 1.85. The molecular formula is C14H18O. The van der Waals surface area contributed by atoms with Gasteiger partial charge < -0.3 is 4.74 Å². The van der Waals surface area contributed by atoms with E-state index in [4.69, 9.17) is 17.6 Å². The van der Waals surface area contributed by atoms with Crippen molar-refractivity contribution in [1.82, 2.24) is 0 Å². The molecule has 0 radical (unpaired) electrons. The minimum Gasteiger partial charge on any atom is -0.372 e. The van der Waals surface area contributed by atoms with Crippen LogP contribution < -0.4 is 0 Å². The summed E-state index contributed by atoms with van der Waals surface area (Å²) in [7, 11) is 0. The molecule has 0 aromatic heterocycles. The predicted octanol–water partition coefficient (Wildman–Crippen LogP) is 2.61. The lowest BCUT2D eigenvalue weighted by atomic mass is 10.1. The summed E-state index contributed by atoms with van der Waals surface area (Å²) in [5.74, 6) is 6.86. The van der Waals surface area contributed by atoms with Crippen LogP contribution in [0.15, 0.2) is 0 Å². The first-order valence-electron chi connectivity index (χ1n) is 5.87. The zero-order chi connectivity index (χ0) is 10.7. The number of hydrogen-bond donors (Lipinski definition) is 0. The van der Waals surface area contributed by atoms with Gasteiger partial charge in [-0.25, -0.2) is 0 Å². The highest BCUT2D eigenvalue weighted by Crippen LogP contribution is 2.41. The maximum atomic E-state index is 6.09. The lowest BCUT2D eigenvalue weighted by molar-refractivity contribution is -0.0290. The van der Waals surface area contributed by atoms with Crippen LogP contribution in [0.2, 0.25) is 0 Å². The van der Waals surface area contributed by atoms with Gasteiger partial charge in [0.05, 0.1) is 12.2 Å². The third-order valence-electron chi connectivity index (χ3n) is 3.28. The zero-order valence-corrected chi connectivity index (χ0v) is 9.11. The normalized spacial score (nSPS) is 23.9. The van der Waals surface area contributed by atoms with Gasteiger partial charge in [0.15, 0.2) is 0 Å². The van der Waals surface area contributed by atoms with Gasteiger partial charge in [0.25, 0.3) is 0 Å². The van der Waals surface area contributed by atoms with Crippen molar-refractivity contribution in [3.63, 3.8) is 0 Å². The molecule has 0 spiro atoms. The molecule has 2 rings (SSSR count). The van der Waals surface area contributed by atoms with Gasteiger partial charge in [0.1, 0.15) is 0 Å². The molecular weight excluding hydrogens is 184 g/mol. The molecule has 2 aliphatic rings. The Bertz CT molecular complexity index is 255. The van der Waals surface area contributed by atoms with Crippen molar-refractivity contribution in [2.24, 2.45) is 11.8 Å². The monoisotopic (exact) mass is 202 g/mol. The minimum absolute atomic E-state index is 0.272. The largest absolute Gasteiger partial charge is 0.372 e. The molecule has 0 saturated heterocycles. The maximum absolute atomic E-state index is 6.09. The molecule has 0 bridgehead atoms. The van der Waals surface area contributed by atoms with Gasteiger partial charge in [-0.2, -0.15) is 0 Å². The van der Waals surface area contributed by atoms with E-state index < -0.39 is 0 Å². The van der Waals surface area contributed by atoms with Crippen LogP contribution in [0.5, 0.6) is 0 Å². The summed E-state index contributed by atoms with van der Waals surface area (Å²) in [6.07, 6.45) is 17.9. The summed E-state index contributed by atoms with van der Waals surface area (Å²) < 4.78 is 6.09. The molecule has 1 nitrogen and oxygen atoms in total. The Labute approximate surface area is 92.6 Å². The highest BCUT2D eigenvalue weighted by molar-refractivity contribution is 4.98. The SMILES string of the molecule is C#CCC(OC(CC#C)C1CC1)C1CC1. The van der Waals surface area contributed by atoms with E-state index in [0.29, 0.717) is 11.8 Å². The molecule has 2 unspecified atom stereocenters. The summed E-state index contributed by atoms with van der Waals surface area (Å²) in [4.78, 5) is 0. The Morgan fingerprint density at radius 1 is 0.933 bits per heavy atom. The van der Waals surface area contributed by atoms with Gasteiger partial charge in [-0.15, -0.1) is 24.7 Å². The van der Waals surface area contributed by atoms with Crippen LogP contribution in [0.25, 0.3) is 0 Å². The second kappa shape index (κ2) is 4.73. The Kier molecular flexibility index (Phi) is 3.34. The van der Waals surface area contributed by atoms with Crippen LogP contribution >= 0.6 is 0 Å². The topological polar surface area (TPSA) is 9.23 Å². The van der Waals surface area contributed by atoms with Gasteiger partial charge in [0, 0.05) is 12.8 Å². The van der Waals surface area contributed by atoms with E-state index in [-0.39, 0.29) is 12.2 Å². The third kappa shape index (κ3) is 3.01. The molecule has 2 atom stereocenters. The molecule has 0 aromatic carbocycles. The molecule has 0 N–H and O–H groups in total. The highest BCUT2D eigenvalue weighted by Gasteiger charge is 2.37. The fraction of sp³-hybridized carbons (Fsp3) is 0.714. The molecule has 2 fully saturated rings. The van der Waals surface area contributed by atoms with Crippen LogP contribution in [0.3, 0.4) is 0 Å². The van der Waals surface area contributed by atoms with E-state index in [1.165, 1.54) is 25.7 Å². The van der Waals surface area contributed by atoms with Crippen molar-refractivity contribution in [1.29, 1.82) is 0 Å². The van der Waals surface area contributed by atoms with Crippen LogP contribution in [-0.4, -0.2) is 12.2 Å². The number of terminal acetylenes is 2. The number of rotatable bonds is 6. The van der Waals surface area contributed by atoms with Crippen molar-refractivity contribution in [2.45, 2.75) is 50.7 Å². The Hall–Kier alpha value is -0.920. The Morgan fingerprint density at radius 2 is 1.33 bits per heavy atom. The maximum Gasteiger partial charge on any atom is 0.0716 e. The first-order valence-corrected chi connectivity index (χ1v) is 5.87. The summed E-state index contributed by atoms with van der Waals surface area (Å²) >= 11 is 0. The van der Waals surface area contributed by atoms with Crippen LogP contribution in [0.4, 0.5) is 0 Å². The predicted molar refractivity (Wildman–Crippen MR) is 61.0 cm³/mol. The summed E-state index contributed by atoms with van der Waals surface area (Å²) in [5, 5.41) is 0. The van der Waals surface area contributed by atoms with Gasteiger partial charge in [-0.3, -0.25) is 0 Å². The molecule has 0 aliphatic heterocycles. The average molecular weight is 202 g/mol. The van der Waals surface area contributed by atoms with E-state index in [9.17, 15) is 0 Å². The van der Waals surface area contributed by atoms with Crippen molar-refractivity contribution < 1.29 is 4.74 Å². The van der Waals surface area contributed by atoms with Gasteiger partial charge in [-0.1, -0.05) is 0 Å². The van der Waals surface area contributed by atoms with Crippen LogP contribution in [0.1, 0.15) is 38.5 Å². The van der Waals surface area contributed by atoms with Crippen LogP contribution in [0, 0.1) is 36.5 Å². The standard InChI is InChI=1S/C14H18O/c1-3-5-13(11-7-8-11)15-14(6-4-2)12-9-10-12/h1-2,11-14H,5-10H2. The third-order valence-corrected chi connectivity index (χ3v) is 3.28. The molecule has 0 amide bonds. The Morgan fingerprint density at radius 3 is 1.60 bits per heavy atom. The van der Waals surface area contributed by atoms with Gasteiger partial charge in [-0.05, 0) is 37.5 Å². The van der Waals surface area contributed by atoms with Crippen molar-refractivity contribution in [2.75, 3.05) is 0 Å². The lowest BCUT2D eigenvalue weighted by Crippen LogP contribution is -2.25. The van der Waals surface area contributed by atoms with Crippen molar-refractivity contribution in [3.8, 4) is 24.7 Å². The first-order chi connectivity index (χ1) is 7.35. The van der Waals surface area contributed by atoms with E-state index >= 15 is 0 Å². The van der Waals surface area contributed by atoms with Crippen LogP contribution in [-0.2, 0) is 4.74 Å². The van der Waals surface area contributed by atoms with E-state index in [2.05, 4.69) is 11.8 Å². The fourth-order valence-corrected chi connectivity index (χ4v) is 2.04. The minimum atomic E-state index is 0.272. The smallest absolute Gasteiger partial charge is 0.0716 e. The second-order valence-electron chi connectivity index (χ2n) is 4.70. The molecule has 15 heavy (non-hydrogen) atoms. The van der Waals surface area contributed by atoms with E-state index in [1.807, 2.05) is 0 Å². The summed E-state index contributed by atoms with van der Waals surface area (Å²) in [5.41, 5.74) is 0. The van der Waals surface area contributed by atoms with Gasteiger partial charge >= 0.3 is 0 Å². The number of ether oxygens (including phenoxy) is 1. The molecule has 2 saturated carbocycles. The zero-order valence-electron chi connectivity index (χ0n) is 9.11. The molecule has 2 aliphatic carbocycles. The molecule has 1 heteroatoms. The van der Waals surface area contributed by atoms with E-state index in [1.54, 1.807) is 0 Å². The van der Waals surface area contributed by atoms with Gasteiger partial charge in [0.2, 0.25) is 0 Å². The quantitative estimate of drug-likeness (QED) is 0.602. The van der Waals surface area contributed by atoms with Crippen molar-refractivity contribution in [3.05, 3.63) is 0 Å². The molecule has 80 valence electrons. The summed E-state index contributed by atoms with van der Waals surface area (Å²) in [6.45, 7) is 0. The number of hydrogen-bond acceptors (Lipinski definition) is 1. The summed E-state index contributed by atoms with van der Waals surface area (Å²) in [6, 6.07) is 0. The average Bonchev–Trinajstić information content (AvgIpc) is 3.05. The first kappa shape index (κ1) is 10.6. The molecule has 0 aromatic rings. The highest BCUT2D eigenvalue weighted by atomic mass is 16.5. The molecule has 0 heterocycles. The van der Waals surface area contributed by atoms with E-state index in [0.717, 1.165) is 12.8 Å². The van der Waals surface area contributed by atoms with Crippen molar-refractivity contribution >= 4 is 0 Å². The lowest BCUT2D eigenvalue weighted by Gasteiger charge is -2.22.